The molecular formula is C30H52N6O5S. The molecule has 3 amide bonds. The van der Waals surface area contributed by atoms with Crippen molar-refractivity contribution < 1.29 is 23.9 Å². The van der Waals surface area contributed by atoms with Gasteiger partial charge < -0.3 is 26.0 Å². The fraction of sp³-hybridized carbons (Fsp3) is 0.767. The van der Waals surface area contributed by atoms with Crippen molar-refractivity contribution in [3.8, 4) is 0 Å². The number of nitrogens with zero attached hydrogens (tertiary/aromatic N) is 3. The minimum Gasteiger partial charge on any atom is -0.444 e. The highest BCUT2D eigenvalue weighted by molar-refractivity contribution is 7.09. The number of carbonyl (C=O) groups excluding carboxylic acids is 4. The lowest BCUT2D eigenvalue weighted by Gasteiger charge is -2.35. The van der Waals surface area contributed by atoms with E-state index in [0.717, 1.165) is 37.2 Å². The second kappa shape index (κ2) is 18.9. The number of likely N-dealkylation sites (tertiary alicyclic amines) is 1. The first kappa shape index (κ1) is 35.6. The summed E-state index contributed by atoms with van der Waals surface area (Å²) in [4.78, 5) is 59.7. The molecule has 2 rings (SSSR count). The number of likely N-dealkylation sites (N-methyl/N-ethyl adjacent to an activating group) is 1. The maximum atomic E-state index is 13.9. The summed E-state index contributed by atoms with van der Waals surface area (Å²) < 4.78 is 5.44. The van der Waals surface area contributed by atoms with E-state index in [1.807, 2.05) is 39.6 Å². The summed E-state index contributed by atoms with van der Waals surface area (Å²) in [6.07, 6.45) is 6.37. The average molecular weight is 609 g/mol. The van der Waals surface area contributed by atoms with Crippen LogP contribution >= 0.6 is 11.3 Å². The summed E-state index contributed by atoms with van der Waals surface area (Å²) in [5, 5.41) is 8.45. The topological polar surface area (TPSA) is 147 Å². The van der Waals surface area contributed by atoms with Gasteiger partial charge in [0.2, 0.25) is 11.8 Å². The summed E-state index contributed by atoms with van der Waals surface area (Å²) in [5.41, 5.74) is 6.02. The molecule has 4 N–H and O–H groups in total. The summed E-state index contributed by atoms with van der Waals surface area (Å²) in [6, 6.07) is -0.978. The Morgan fingerprint density at radius 3 is 2.67 bits per heavy atom. The molecule has 0 bridgehead atoms. The lowest BCUT2D eigenvalue weighted by molar-refractivity contribution is -0.155. The van der Waals surface area contributed by atoms with Crippen molar-refractivity contribution in [3.63, 3.8) is 0 Å². The number of ether oxygens (including phenoxy) is 1. The van der Waals surface area contributed by atoms with Gasteiger partial charge in [-0.1, -0.05) is 40.5 Å². The van der Waals surface area contributed by atoms with Gasteiger partial charge in [0.25, 0.3) is 5.91 Å². The zero-order chi connectivity index (χ0) is 31.1. The van der Waals surface area contributed by atoms with Gasteiger partial charge in [0.05, 0.1) is 11.0 Å². The lowest BCUT2D eigenvalue weighted by atomic mass is 9.96. The minimum absolute atomic E-state index is 0.0999. The number of esters is 1. The third kappa shape index (κ3) is 11.6. The van der Waals surface area contributed by atoms with Crippen molar-refractivity contribution in [2.24, 2.45) is 17.6 Å². The number of piperidine rings is 1. The van der Waals surface area contributed by atoms with E-state index in [1.54, 1.807) is 5.38 Å². The average Bonchev–Trinajstić information content (AvgIpc) is 3.46. The van der Waals surface area contributed by atoms with Gasteiger partial charge in [0.15, 0.2) is 6.73 Å². The summed E-state index contributed by atoms with van der Waals surface area (Å²) in [7, 11) is 1.94. The predicted octanol–water partition coefficient (Wildman–Crippen LogP) is 2.94. The molecule has 0 saturated carbocycles. The number of nitrogens with one attached hydrogen (secondary N) is 2. The molecule has 42 heavy (non-hydrogen) atoms. The maximum absolute atomic E-state index is 13.9. The first-order chi connectivity index (χ1) is 20.1. The maximum Gasteiger partial charge on any atom is 0.307 e. The fourth-order valence-electron chi connectivity index (χ4n) is 4.79. The molecule has 1 fully saturated rings. The van der Waals surface area contributed by atoms with Crippen molar-refractivity contribution in [2.45, 2.75) is 97.6 Å². The van der Waals surface area contributed by atoms with E-state index < -0.39 is 6.04 Å². The fourth-order valence-corrected chi connectivity index (χ4v) is 5.61. The van der Waals surface area contributed by atoms with E-state index in [0.29, 0.717) is 56.9 Å². The number of amides is 3. The smallest absolute Gasteiger partial charge is 0.307 e. The van der Waals surface area contributed by atoms with Crippen LogP contribution in [0.15, 0.2) is 5.38 Å². The van der Waals surface area contributed by atoms with Crippen LogP contribution in [0.3, 0.4) is 0 Å². The van der Waals surface area contributed by atoms with Crippen molar-refractivity contribution >= 4 is 35.0 Å². The highest BCUT2D eigenvalue weighted by Gasteiger charge is 2.34. The van der Waals surface area contributed by atoms with Crippen molar-refractivity contribution in [3.05, 3.63) is 16.1 Å². The van der Waals surface area contributed by atoms with Crippen LogP contribution in [0.4, 0.5) is 0 Å². The molecular weight excluding hydrogens is 556 g/mol. The van der Waals surface area contributed by atoms with Crippen LogP contribution in [-0.4, -0.2) is 90.5 Å². The van der Waals surface area contributed by atoms with Gasteiger partial charge in [-0.15, -0.1) is 11.3 Å². The number of rotatable bonds is 18. The molecule has 1 aromatic heterocycles. The molecule has 4 atom stereocenters. The number of hydrogen-bond donors (Lipinski definition) is 3. The van der Waals surface area contributed by atoms with Crippen LogP contribution in [0.25, 0.3) is 0 Å². The number of aromatic nitrogens is 1. The zero-order valence-electron chi connectivity index (χ0n) is 26.2. The number of thiazole rings is 1. The van der Waals surface area contributed by atoms with E-state index in [-0.39, 0.29) is 48.8 Å². The van der Waals surface area contributed by atoms with Crippen molar-refractivity contribution in [1.29, 1.82) is 0 Å². The largest absolute Gasteiger partial charge is 0.444 e. The number of aryl methyl sites for hydroxylation is 1. The quantitative estimate of drug-likeness (QED) is 0.170. The van der Waals surface area contributed by atoms with Gasteiger partial charge in [0.1, 0.15) is 11.7 Å². The Labute approximate surface area is 255 Å². The van der Waals surface area contributed by atoms with Gasteiger partial charge >= 0.3 is 5.97 Å². The first-order valence-corrected chi connectivity index (χ1v) is 16.4. The van der Waals surface area contributed by atoms with Crippen molar-refractivity contribution in [1.82, 2.24) is 25.4 Å². The highest BCUT2D eigenvalue weighted by atomic mass is 32.1. The Kier molecular flexibility index (Phi) is 16.0. The highest BCUT2D eigenvalue weighted by Crippen LogP contribution is 2.18. The lowest BCUT2D eigenvalue weighted by Crippen LogP contribution is -2.57. The van der Waals surface area contributed by atoms with Gasteiger partial charge in [-0.25, -0.2) is 4.98 Å². The molecule has 2 heterocycles. The van der Waals surface area contributed by atoms with Crippen LogP contribution in [0, 0.1) is 11.8 Å². The predicted molar refractivity (Wildman–Crippen MR) is 165 cm³/mol. The normalized spacial score (nSPS) is 17.6. The Morgan fingerprint density at radius 1 is 1.24 bits per heavy atom. The minimum atomic E-state index is -0.722. The molecule has 0 radical (unpaired) electrons. The van der Waals surface area contributed by atoms with Gasteiger partial charge in [0, 0.05) is 31.3 Å². The van der Waals surface area contributed by atoms with E-state index in [1.165, 1.54) is 16.2 Å². The Hall–Kier alpha value is -2.57. The number of hydrogen-bond acceptors (Lipinski definition) is 9. The molecule has 1 aromatic rings. The Bertz CT molecular complexity index is 1000. The second-order valence-corrected chi connectivity index (χ2v) is 12.4. The molecule has 1 aliphatic rings. The van der Waals surface area contributed by atoms with Crippen LogP contribution in [-0.2, 0) is 25.5 Å². The van der Waals surface area contributed by atoms with E-state index >= 15 is 0 Å². The van der Waals surface area contributed by atoms with E-state index in [4.69, 9.17) is 10.5 Å². The molecule has 4 unspecified atom stereocenters. The molecule has 0 aromatic carbocycles. The molecule has 11 nitrogen and oxygen atoms in total. The van der Waals surface area contributed by atoms with Crippen LogP contribution in [0.1, 0.15) is 94.6 Å². The SMILES string of the molecule is CCCC(=O)OCN(CCCc1nc(C(=O)NCCC(C)CN)cs1)C(=O)C(NC(=O)C1CCCCN1C)C(C)CC. The first-order valence-electron chi connectivity index (χ1n) is 15.5. The number of nitrogens with two attached hydrogens (primary N) is 1. The monoisotopic (exact) mass is 608 g/mol. The standard InChI is InChI=1S/C30H52N6O5S/c1-6-11-26(37)41-20-36(17-10-13-25-33-23(19-42-25)28(38)32-15-14-21(3)18-31)30(40)27(22(4)7-2)34-29(39)24-12-8-9-16-35(24)5/h19,21-22,24,27H,6-18,20,31H2,1-5H3,(H,32,38)(H,34,39). The van der Waals surface area contributed by atoms with Gasteiger partial charge in [-0.2, -0.15) is 0 Å². The third-order valence-corrected chi connectivity index (χ3v) is 8.83. The summed E-state index contributed by atoms with van der Waals surface area (Å²) in [6.45, 7) is 10.0. The van der Waals surface area contributed by atoms with E-state index in [2.05, 4.69) is 15.6 Å². The molecule has 1 saturated heterocycles. The van der Waals surface area contributed by atoms with Crippen molar-refractivity contribution in [2.75, 3.05) is 40.0 Å². The molecule has 0 aliphatic carbocycles. The van der Waals surface area contributed by atoms with Gasteiger partial charge in [-0.05, 0) is 64.1 Å². The molecule has 238 valence electrons. The number of carbonyl (C=O) groups is 4. The second-order valence-electron chi connectivity index (χ2n) is 11.5. The third-order valence-electron chi connectivity index (χ3n) is 7.93. The Balaban J connectivity index is 2.05. The molecule has 1 aliphatic heterocycles. The Morgan fingerprint density at radius 2 is 2.00 bits per heavy atom. The van der Waals surface area contributed by atoms with E-state index in [9.17, 15) is 19.2 Å². The summed E-state index contributed by atoms with van der Waals surface area (Å²) >= 11 is 1.40. The molecule has 12 heteroatoms. The van der Waals surface area contributed by atoms with Crippen LogP contribution in [0.2, 0.25) is 0 Å². The van der Waals surface area contributed by atoms with Crippen LogP contribution in [0.5, 0.6) is 0 Å². The summed E-state index contributed by atoms with van der Waals surface area (Å²) in [5.74, 6) is -0.727. The zero-order valence-corrected chi connectivity index (χ0v) is 27.0. The molecule has 0 spiro atoms. The van der Waals surface area contributed by atoms with Gasteiger partial charge in [-0.3, -0.25) is 24.1 Å². The van der Waals surface area contributed by atoms with Crippen LogP contribution < -0.4 is 16.4 Å².